The number of halogens is 1. The number of hydrogen-bond donors (Lipinski definition) is 2. The number of carbonyl (C=O) groups is 1. The summed E-state index contributed by atoms with van der Waals surface area (Å²) in [6, 6.07) is 9.33. The number of nitrogens with one attached hydrogen (secondary N) is 2. The van der Waals surface area contributed by atoms with Crippen molar-refractivity contribution in [3.63, 3.8) is 0 Å². The lowest BCUT2D eigenvalue weighted by atomic mass is 9.73. The molecule has 3 saturated heterocycles. The molecule has 8 nitrogen and oxygen atoms in total. The Morgan fingerprint density at radius 1 is 1.27 bits per heavy atom. The minimum atomic E-state index is -0.229. The molecule has 6 rings (SSSR count). The zero-order chi connectivity index (χ0) is 28.6. The van der Waals surface area contributed by atoms with Crippen LogP contribution in [0.3, 0.4) is 0 Å². The predicted octanol–water partition coefficient (Wildman–Crippen LogP) is 3.81. The van der Waals surface area contributed by atoms with Gasteiger partial charge in [0, 0.05) is 52.3 Å². The molecule has 0 aromatic heterocycles. The van der Waals surface area contributed by atoms with Gasteiger partial charge in [-0.3, -0.25) is 20.3 Å². The molecule has 1 saturated carbocycles. The van der Waals surface area contributed by atoms with Crippen molar-refractivity contribution < 1.29 is 9.53 Å². The summed E-state index contributed by atoms with van der Waals surface area (Å²) in [5.41, 5.74) is 1.38. The highest BCUT2D eigenvalue weighted by Gasteiger charge is 2.50. The van der Waals surface area contributed by atoms with E-state index < -0.39 is 0 Å². The number of likely N-dealkylation sites (N-methyl/N-ethyl adjacent to an activating group) is 1. The van der Waals surface area contributed by atoms with Crippen LogP contribution in [0.15, 0.2) is 35.7 Å². The molecule has 4 fully saturated rings. The molecular weight excluding hydrogens is 556 g/mol. The fraction of sp³-hybridized carbons (Fsp3) is 0.677. The van der Waals surface area contributed by atoms with Crippen molar-refractivity contribution in [1.29, 1.82) is 5.26 Å². The molecule has 0 bridgehead atoms. The molecule has 0 radical (unpaired) electrons. The minimum Gasteiger partial charge on any atom is -0.348 e. The summed E-state index contributed by atoms with van der Waals surface area (Å²) < 4.78 is 6.78. The lowest BCUT2D eigenvalue weighted by molar-refractivity contribution is -0.135. The number of rotatable bonds is 6. The van der Waals surface area contributed by atoms with Gasteiger partial charge in [0.05, 0.1) is 31.3 Å². The molecule has 2 N–H and O–H groups in total. The number of amides is 1. The molecule has 6 unspecified atom stereocenters. The molecule has 1 aromatic carbocycles. The maximum atomic E-state index is 12.6. The average Bonchev–Trinajstić information content (AvgIpc) is 3.39. The highest BCUT2D eigenvalue weighted by molar-refractivity contribution is 8.00. The molecule has 4 aliphatic heterocycles. The Bertz CT molecular complexity index is 1180. The van der Waals surface area contributed by atoms with Gasteiger partial charge in [-0.15, -0.1) is 11.8 Å². The molecule has 41 heavy (non-hydrogen) atoms. The molecule has 7 atom stereocenters. The summed E-state index contributed by atoms with van der Waals surface area (Å²) in [6.45, 7) is 7.58. The van der Waals surface area contributed by atoms with Gasteiger partial charge in [0.2, 0.25) is 5.91 Å². The lowest BCUT2D eigenvalue weighted by Gasteiger charge is -2.56. The van der Waals surface area contributed by atoms with Crippen molar-refractivity contribution in [3.8, 4) is 6.07 Å². The largest absolute Gasteiger partial charge is 0.348 e. The van der Waals surface area contributed by atoms with E-state index in [1.807, 2.05) is 11.0 Å². The highest BCUT2D eigenvalue weighted by atomic mass is 35.5. The first-order valence-electron chi connectivity index (χ1n) is 15.2. The van der Waals surface area contributed by atoms with Crippen LogP contribution in [0.1, 0.15) is 50.5 Å². The number of aryl methyl sites for hydroxylation is 1. The molecular formula is C31H43ClN6O2S. The Morgan fingerprint density at radius 3 is 2.93 bits per heavy atom. The fourth-order valence-electron chi connectivity index (χ4n) is 7.87. The summed E-state index contributed by atoms with van der Waals surface area (Å²) in [4.78, 5) is 20.6. The normalized spacial score (nSPS) is 36.0. The van der Waals surface area contributed by atoms with Gasteiger partial charge < -0.3 is 14.5 Å². The molecule has 10 heteroatoms. The number of nitrogens with zero attached hydrogens (tertiary/aromatic N) is 4. The third kappa shape index (κ3) is 6.21. The van der Waals surface area contributed by atoms with Crippen LogP contribution < -0.4 is 10.6 Å². The molecule has 1 amide bonds. The van der Waals surface area contributed by atoms with Crippen LogP contribution in [0.4, 0.5) is 0 Å². The summed E-state index contributed by atoms with van der Waals surface area (Å²) >= 11 is 8.37. The maximum Gasteiger partial charge on any atom is 0.246 e. The number of carbonyl (C=O) groups excluding carboxylic acids is 1. The van der Waals surface area contributed by atoms with E-state index in [4.69, 9.17) is 16.3 Å². The van der Waals surface area contributed by atoms with Crippen LogP contribution in [0.25, 0.3) is 0 Å². The second-order valence-electron chi connectivity index (χ2n) is 12.6. The SMILES string of the molecule is C=CC(=O)N1CCN(C2NC(OCC3CCCN3C)NC3C[C@]4(CCc5cc(Cl)ccc5S4)CCC32)CC1CC#N. The summed E-state index contributed by atoms with van der Waals surface area (Å²) in [5, 5.41) is 18.1. The van der Waals surface area contributed by atoms with Crippen LogP contribution in [-0.2, 0) is 16.0 Å². The number of ether oxygens (including phenoxy) is 1. The smallest absolute Gasteiger partial charge is 0.246 e. The van der Waals surface area contributed by atoms with Crippen LogP contribution in [0.5, 0.6) is 0 Å². The molecule has 1 aromatic rings. The zero-order valence-electron chi connectivity index (χ0n) is 24.1. The second-order valence-corrected chi connectivity index (χ2v) is 14.5. The first-order chi connectivity index (χ1) is 19.9. The Balaban J connectivity index is 1.20. The van der Waals surface area contributed by atoms with Crippen molar-refractivity contribution in [2.24, 2.45) is 5.92 Å². The minimum absolute atomic E-state index is 0.0848. The third-order valence-electron chi connectivity index (χ3n) is 10.2. The Kier molecular flexibility index (Phi) is 9.00. The molecule has 4 heterocycles. The van der Waals surface area contributed by atoms with E-state index in [9.17, 15) is 10.1 Å². The standard InChI is InChI=1S/C31H43ClN6O2S/c1-3-28(39)38-16-15-37(19-23(38)10-13-33)29-25-9-12-31(11-8-21-17-22(32)6-7-27(21)41-31)18-26(25)34-30(35-29)40-20-24-5-4-14-36(24)2/h3,6-7,17,23-26,29-30,34-35H,1,4-5,8-12,14-16,18-20H2,2H3/t23?,24?,25?,26?,29?,30?,31-/m0/s1. The number of likely N-dealkylation sites (tertiary alicyclic amines) is 1. The van der Waals surface area contributed by atoms with Crippen LogP contribution in [-0.4, -0.2) is 95.8 Å². The zero-order valence-corrected chi connectivity index (χ0v) is 25.6. The van der Waals surface area contributed by atoms with Crippen molar-refractivity contribution in [2.75, 3.05) is 39.8 Å². The monoisotopic (exact) mass is 598 g/mol. The average molecular weight is 599 g/mol. The molecule has 1 spiro atoms. The first kappa shape index (κ1) is 29.4. The van der Waals surface area contributed by atoms with E-state index in [0.717, 1.165) is 37.4 Å². The highest BCUT2D eigenvalue weighted by Crippen LogP contribution is 2.53. The number of nitriles is 1. The van der Waals surface area contributed by atoms with E-state index in [0.29, 0.717) is 44.1 Å². The Hall–Kier alpha value is -1.64. The molecule has 1 aliphatic carbocycles. The maximum absolute atomic E-state index is 12.6. The Labute approximate surface area is 253 Å². The summed E-state index contributed by atoms with van der Waals surface area (Å²) in [5.74, 6) is 0.338. The van der Waals surface area contributed by atoms with Gasteiger partial charge in [0.25, 0.3) is 0 Å². The second kappa shape index (κ2) is 12.5. The van der Waals surface area contributed by atoms with Crippen LogP contribution in [0.2, 0.25) is 5.02 Å². The van der Waals surface area contributed by atoms with Crippen LogP contribution in [0, 0.1) is 17.2 Å². The molecule has 222 valence electrons. The Morgan fingerprint density at radius 2 is 2.15 bits per heavy atom. The van der Waals surface area contributed by atoms with Crippen molar-refractivity contribution in [2.45, 2.75) is 91.7 Å². The van der Waals surface area contributed by atoms with Gasteiger partial charge in [-0.2, -0.15) is 5.26 Å². The van der Waals surface area contributed by atoms with Crippen molar-refractivity contribution in [3.05, 3.63) is 41.4 Å². The van der Waals surface area contributed by atoms with E-state index in [1.165, 1.54) is 42.2 Å². The van der Waals surface area contributed by atoms with Gasteiger partial charge in [-0.1, -0.05) is 18.2 Å². The van der Waals surface area contributed by atoms with Crippen molar-refractivity contribution in [1.82, 2.24) is 25.3 Å². The first-order valence-corrected chi connectivity index (χ1v) is 16.4. The summed E-state index contributed by atoms with van der Waals surface area (Å²) in [7, 11) is 2.19. The van der Waals surface area contributed by atoms with Gasteiger partial charge in [0.1, 0.15) is 0 Å². The number of benzene rings is 1. The fourth-order valence-corrected chi connectivity index (χ4v) is 9.64. The number of fused-ring (bicyclic) bond motifs is 2. The van der Waals surface area contributed by atoms with E-state index >= 15 is 0 Å². The quantitative estimate of drug-likeness (QED) is 0.479. The van der Waals surface area contributed by atoms with E-state index in [-0.39, 0.29) is 29.2 Å². The predicted molar refractivity (Wildman–Crippen MR) is 162 cm³/mol. The van der Waals surface area contributed by atoms with Crippen LogP contribution >= 0.6 is 23.4 Å². The third-order valence-corrected chi connectivity index (χ3v) is 12.0. The number of hydrogen-bond acceptors (Lipinski definition) is 8. The number of piperazine rings is 1. The van der Waals surface area contributed by atoms with Crippen molar-refractivity contribution >= 4 is 29.3 Å². The topological polar surface area (TPSA) is 83.9 Å². The van der Waals surface area contributed by atoms with Gasteiger partial charge >= 0.3 is 0 Å². The van der Waals surface area contributed by atoms with E-state index in [1.54, 1.807) is 0 Å². The molecule has 5 aliphatic rings. The lowest BCUT2D eigenvalue weighted by Crippen LogP contribution is -2.72. The number of thioether (sulfide) groups is 1. The van der Waals surface area contributed by atoms with Gasteiger partial charge in [-0.25, -0.2) is 0 Å². The van der Waals surface area contributed by atoms with E-state index in [2.05, 4.69) is 64.0 Å². The van der Waals surface area contributed by atoms with Gasteiger partial charge in [-0.05, 0) is 88.4 Å². The van der Waals surface area contributed by atoms with Gasteiger partial charge in [0.15, 0.2) is 6.35 Å². The summed E-state index contributed by atoms with van der Waals surface area (Å²) in [6.07, 6.45) is 9.64.